The Morgan fingerprint density at radius 1 is 0.695 bits per heavy atom. The van der Waals surface area contributed by atoms with Gasteiger partial charge in [0.15, 0.2) is 5.69 Å². The van der Waals surface area contributed by atoms with Gasteiger partial charge in [0.2, 0.25) is 11.8 Å². The summed E-state index contributed by atoms with van der Waals surface area (Å²) in [6, 6.07) is 14.7. The summed E-state index contributed by atoms with van der Waals surface area (Å²) in [4.78, 5) is 118. The molecule has 9 aromatic rings. The zero-order valence-electron chi connectivity index (χ0n) is 43.2. The number of rotatable bonds is 9. The molecule has 8 N–H and O–H groups in total. The number of methoxy groups -OCH3 is 1. The maximum Gasteiger partial charge on any atom is 0.355 e. The number of aromatic carboxylic acids is 1. The van der Waals surface area contributed by atoms with Crippen molar-refractivity contribution in [3.63, 3.8) is 0 Å². The van der Waals surface area contributed by atoms with Gasteiger partial charge < -0.3 is 46.6 Å². The van der Waals surface area contributed by atoms with E-state index in [4.69, 9.17) is 30.4 Å². The molecular formula is C54H46N12O10S6. The van der Waals surface area contributed by atoms with Gasteiger partial charge in [-0.1, -0.05) is 49.4 Å². The lowest BCUT2D eigenvalue weighted by atomic mass is 10.00. The number of aliphatic hydroxyl groups excluding tert-OH is 2. The summed E-state index contributed by atoms with van der Waals surface area (Å²) in [5.41, 5.74) is 8.46. The van der Waals surface area contributed by atoms with Crippen LogP contribution in [0.1, 0.15) is 111 Å². The molecule has 10 bridgehead atoms. The summed E-state index contributed by atoms with van der Waals surface area (Å²) >= 11 is 6.82. The molecular weight excluding hydrogens is 1170 g/mol. The highest BCUT2D eigenvalue weighted by molar-refractivity contribution is 7.15. The van der Waals surface area contributed by atoms with Gasteiger partial charge in [-0.25, -0.2) is 39.7 Å². The number of aromatic nitrogens is 7. The standard InChI is InChI=1S/C54H46N12O10S6/c1-23-37(67)17-66-42(23)52-62-35(21-81-52)49-59-32(18-78-49)40-28(13-14-29(56-40)48-63-36(22-79-48)54(74)75)47-60-33(19-77-47)44(70)57-30(16-38(55)68)50-65-39(24(2)82-50)46(72)64-41(43(69)26-7-5-4-6-8-26)51-61-34(20-80-51)45(71)58-31(53(66)73)15-25-9-11-27(76-3)12-10-25/h4-14,18-23,30-31,37,41-43,67,69H,15-17H2,1-3H3,(H2,55,68)(H,57,70)(H,58,71)(H,64,72)(H,74,75)/t23-,30-,31-,37+,41-,42+,43+/m0/s1. The van der Waals surface area contributed by atoms with Crippen molar-refractivity contribution in [2.75, 3.05) is 13.7 Å². The van der Waals surface area contributed by atoms with Crippen molar-refractivity contribution < 1.29 is 48.8 Å². The number of nitrogens with one attached hydrogen (secondary N) is 3. The highest BCUT2D eigenvalue weighted by atomic mass is 32.1. The quantitative estimate of drug-likeness (QED) is 0.0746. The summed E-state index contributed by atoms with van der Waals surface area (Å²) in [5.74, 6) is -4.54. The van der Waals surface area contributed by atoms with Crippen LogP contribution in [0.4, 0.5) is 0 Å². The Labute approximate surface area is 489 Å². The van der Waals surface area contributed by atoms with Crippen LogP contribution in [0.2, 0.25) is 0 Å². The Kier molecular flexibility index (Phi) is 15.9. The molecule has 9 heterocycles. The van der Waals surface area contributed by atoms with Crippen molar-refractivity contribution >= 4 is 104 Å². The summed E-state index contributed by atoms with van der Waals surface area (Å²) in [5, 5.41) is 51.7. The van der Waals surface area contributed by atoms with E-state index >= 15 is 4.79 Å². The lowest BCUT2D eigenvalue weighted by Crippen LogP contribution is -2.50. The minimum Gasteiger partial charge on any atom is -0.497 e. The van der Waals surface area contributed by atoms with E-state index in [9.17, 15) is 39.3 Å². The van der Waals surface area contributed by atoms with Gasteiger partial charge in [-0.15, -0.1) is 68.0 Å². The molecule has 7 aromatic heterocycles. The second kappa shape index (κ2) is 23.4. The number of aliphatic hydroxyl groups is 2. The van der Waals surface area contributed by atoms with Crippen LogP contribution >= 0.6 is 68.0 Å². The van der Waals surface area contributed by atoms with Crippen LogP contribution in [0, 0.1) is 12.8 Å². The van der Waals surface area contributed by atoms with E-state index in [-0.39, 0.29) is 45.8 Å². The maximum atomic E-state index is 15.2. The van der Waals surface area contributed by atoms with Crippen molar-refractivity contribution in [1.29, 1.82) is 0 Å². The number of thiazole rings is 6. The summed E-state index contributed by atoms with van der Waals surface area (Å²) in [7, 11) is 1.53. The van der Waals surface area contributed by atoms with E-state index in [1.807, 2.05) is 6.92 Å². The number of primary amides is 1. The third-order valence-corrected chi connectivity index (χ3v) is 19.2. The topological polar surface area (TPSA) is 328 Å². The van der Waals surface area contributed by atoms with Crippen molar-refractivity contribution in [1.82, 2.24) is 55.7 Å². The van der Waals surface area contributed by atoms with Crippen molar-refractivity contribution in [3.05, 3.63) is 147 Å². The Balaban J connectivity index is 1.02. The number of carboxylic acid groups (broad SMARTS) is 1. The summed E-state index contributed by atoms with van der Waals surface area (Å²) < 4.78 is 5.38. The van der Waals surface area contributed by atoms with Crippen LogP contribution in [-0.2, 0) is 16.0 Å². The first-order chi connectivity index (χ1) is 39.5. The van der Waals surface area contributed by atoms with E-state index in [0.717, 1.165) is 45.3 Å². The predicted octanol–water partition coefficient (Wildman–Crippen LogP) is 7.29. The largest absolute Gasteiger partial charge is 0.497 e. The number of carboxylic acids is 1. The third kappa shape index (κ3) is 11.4. The fourth-order valence-electron chi connectivity index (χ4n) is 9.42. The van der Waals surface area contributed by atoms with Crippen LogP contribution in [0.5, 0.6) is 5.75 Å². The van der Waals surface area contributed by atoms with Gasteiger partial charge >= 0.3 is 5.97 Å². The van der Waals surface area contributed by atoms with Crippen LogP contribution < -0.4 is 26.4 Å². The molecule has 1 fully saturated rings. The molecule has 418 valence electrons. The number of hydrogen-bond donors (Lipinski definition) is 7. The molecule has 2 aliphatic rings. The van der Waals surface area contributed by atoms with E-state index < -0.39 is 84.2 Å². The number of amides is 5. The first-order valence-electron chi connectivity index (χ1n) is 25.1. The van der Waals surface area contributed by atoms with Gasteiger partial charge in [0.25, 0.3) is 17.7 Å². The first-order valence-corrected chi connectivity index (χ1v) is 30.3. The second-order valence-electron chi connectivity index (χ2n) is 19.1. The normalized spacial score (nSPS) is 19.8. The fourth-order valence-corrected chi connectivity index (χ4v) is 14.7. The number of carbonyl (C=O) groups excluding carboxylic acids is 5. The lowest BCUT2D eigenvalue weighted by molar-refractivity contribution is -0.134. The number of aryl methyl sites for hydroxylation is 1. The van der Waals surface area contributed by atoms with Gasteiger partial charge in [-0.2, -0.15) is 0 Å². The number of nitrogens with zero attached hydrogens (tertiary/aromatic N) is 8. The number of benzene rings is 2. The Hall–Kier alpha value is -8.09. The van der Waals surface area contributed by atoms with Gasteiger partial charge in [0.05, 0.1) is 37.4 Å². The average molecular weight is 1220 g/mol. The number of hydrogen-bond acceptors (Lipinski definition) is 22. The molecule has 82 heavy (non-hydrogen) atoms. The van der Waals surface area contributed by atoms with E-state index in [0.29, 0.717) is 70.1 Å². The molecule has 7 atom stereocenters. The molecule has 0 aliphatic carbocycles. The molecule has 2 aromatic carbocycles. The van der Waals surface area contributed by atoms with E-state index in [1.165, 1.54) is 50.8 Å². The second-order valence-corrected chi connectivity index (χ2v) is 24.6. The van der Waals surface area contributed by atoms with Gasteiger partial charge in [0, 0.05) is 56.2 Å². The zero-order valence-corrected chi connectivity index (χ0v) is 48.1. The van der Waals surface area contributed by atoms with Crippen molar-refractivity contribution in [2.24, 2.45) is 11.7 Å². The van der Waals surface area contributed by atoms with Crippen molar-refractivity contribution in [3.8, 4) is 49.1 Å². The highest BCUT2D eigenvalue weighted by Crippen LogP contribution is 2.43. The zero-order chi connectivity index (χ0) is 57.5. The molecule has 0 radical (unpaired) electrons. The average Bonchev–Trinajstić information content (AvgIpc) is 4.44. The highest BCUT2D eigenvalue weighted by Gasteiger charge is 2.45. The van der Waals surface area contributed by atoms with Crippen molar-refractivity contribution in [2.45, 2.75) is 63.1 Å². The number of fused-ring (bicyclic) bond motifs is 16. The van der Waals surface area contributed by atoms with Crippen LogP contribution in [0.25, 0.3) is 43.4 Å². The molecule has 2 aliphatic heterocycles. The molecule has 1 saturated heterocycles. The molecule has 5 amide bonds. The SMILES string of the molecule is COc1ccc(C[C@@H]2NC(=O)c3csc(n3)[C@H]([C@H](O)c3ccccc3)NC(=O)c3nc(sc3C)[C@H](CC(N)=O)NC(=O)c3csc(n3)-c3ccc(-c4nc(C(=O)O)cs4)nc3-c3csc(n3)-c3csc(n3)[C@H]3[C@@H](C)[C@H](O)CN3C2=O)cc1. The van der Waals surface area contributed by atoms with Gasteiger partial charge in [-0.05, 0) is 42.3 Å². The smallest absolute Gasteiger partial charge is 0.355 e. The molecule has 0 saturated carbocycles. The summed E-state index contributed by atoms with van der Waals surface area (Å²) in [6.07, 6.45) is -2.73. The number of ether oxygens (including phenoxy) is 1. The first kappa shape index (κ1) is 55.8. The van der Waals surface area contributed by atoms with E-state index in [2.05, 4.69) is 30.9 Å². The minimum atomic E-state index is -1.40. The van der Waals surface area contributed by atoms with Crippen LogP contribution in [0.3, 0.4) is 0 Å². The fraction of sp³-hybridized carbons (Fsp3) is 0.241. The maximum absolute atomic E-state index is 15.2. The molecule has 11 rings (SSSR count). The molecule has 22 nitrogen and oxygen atoms in total. The Bertz CT molecular complexity index is 3910. The van der Waals surface area contributed by atoms with Crippen LogP contribution in [0.15, 0.2) is 93.6 Å². The number of carbonyl (C=O) groups is 6. The summed E-state index contributed by atoms with van der Waals surface area (Å²) in [6.45, 7) is 3.39. The van der Waals surface area contributed by atoms with E-state index in [1.54, 1.807) is 84.4 Å². The third-order valence-electron chi connectivity index (χ3n) is 13.7. The Morgan fingerprint density at radius 2 is 1.34 bits per heavy atom. The molecule has 28 heteroatoms. The Morgan fingerprint density at radius 3 is 2.07 bits per heavy atom. The number of pyridine rings is 1. The monoisotopic (exact) mass is 1210 g/mol. The van der Waals surface area contributed by atoms with Gasteiger partial charge in [0.1, 0.15) is 88.1 Å². The minimum absolute atomic E-state index is 0.0252. The predicted molar refractivity (Wildman–Crippen MR) is 308 cm³/mol. The van der Waals surface area contributed by atoms with Gasteiger partial charge in [-0.3, -0.25) is 24.0 Å². The lowest BCUT2D eigenvalue weighted by Gasteiger charge is -2.29. The van der Waals surface area contributed by atoms with Crippen LogP contribution in [-0.4, -0.2) is 116 Å². The molecule has 0 unspecified atom stereocenters. The number of nitrogens with two attached hydrogens (primary N) is 1. The molecule has 0 spiro atoms.